The van der Waals surface area contributed by atoms with Crippen molar-refractivity contribution in [3.63, 3.8) is 0 Å². The number of phosphoric acid groups is 1. The van der Waals surface area contributed by atoms with Crippen molar-refractivity contribution in [3.8, 4) is 0 Å². The van der Waals surface area contributed by atoms with Gasteiger partial charge in [-0.2, -0.15) is 0 Å². The number of rotatable bonds is 5. The van der Waals surface area contributed by atoms with E-state index in [0.717, 1.165) is 0 Å². The maximum Gasteiger partial charge on any atom is 0.121 e. The minimum Gasteiger partial charge on any atom is -0.790 e. The van der Waals surface area contributed by atoms with Gasteiger partial charge in [0.05, 0.1) is 20.4 Å². The van der Waals surface area contributed by atoms with Crippen LogP contribution in [0.5, 0.6) is 0 Å². The number of hydrogen-bond donors (Lipinski definition) is 2. The van der Waals surface area contributed by atoms with Gasteiger partial charge < -0.3 is 39.0 Å². The van der Waals surface area contributed by atoms with E-state index >= 15 is 0 Å². The van der Waals surface area contributed by atoms with Crippen LogP contribution in [0.3, 0.4) is 0 Å². The van der Waals surface area contributed by atoms with Crippen molar-refractivity contribution < 1.29 is 39.0 Å². The van der Waals surface area contributed by atoms with Crippen molar-refractivity contribution in [1.82, 2.24) is 0 Å². The van der Waals surface area contributed by atoms with Gasteiger partial charge in [0.25, 0.3) is 0 Å². The Morgan fingerprint density at radius 2 is 1.92 bits per heavy atom. The molecule has 0 amide bonds. The number of carbonyl (C=O) groups excluding carboxylic acids is 1. The van der Waals surface area contributed by atoms with Gasteiger partial charge in [-0.3, -0.25) is 0 Å². The van der Waals surface area contributed by atoms with Gasteiger partial charge in [-0.05, 0) is 0 Å². The molecule has 2 N–H and O–H groups in total. The molecule has 0 bridgehead atoms. The van der Waals surface area contributed by atoms with Crippen LogP contribution in [0.25, 0.3) is 0 Å². The zero-order chi connectivity index (χ0) is 10.6. The van der Waals surface area contributed by atoms with Crippen LogP contribution in [0.4, 0.5) is 0 Å². The standard InChI is InChI=1S/C4H9O8P/c5-2(3(6)4(7)8)1-12-13(9,10)11/h2-3,5-6H,1H2,(H,7,8)(H2,9,10,11)/p-3/t2-,3+/m1/s1. The first-order valence-corrected chi connectivity index (χ1v) is 4.43. The molecule has 0 saturated carbocycles. The molecule has 0 aliphatic heterocycles. The molecule has 13 heavy (non-hydrogen) atoms. The lowest BCUT2D eigenvalue weighted by molar-refractivity contribution is -0.344. The first kappa shape index (κ1) is 12.5. The highest BCUT2D eigenvalue weighted by atomic mass is 31.2. The maximum atomic E-state index is 9.86. The van der Waals surface area contributed by atoms with Crippen LogP contribution in [0.2, 0.25) is 0 Å². The predicted octanol–water partition coefficient (Wildman–Crippen LogP) is -4.70. The highest BCUT2D eigenvalue weighted by molar-refractivity contribution is 7.43. The van der Waals surface area contributed by atoms with Crippen LogP contribution in [0, 0.1) is 0 Å². The van der Waals surface area contributed by atoms with E-state index in [1.807, 2.05) is 0 Å². The van der Waals surface area contributed by atoms with Crippen LogP contribution in [-0.4, -0.2) is 35.0 Å². The van der Waals surface area contributed by atoms with Crippen molar-refractivity contribution in [1.29, 1.82) is 0 Å². The number of carboxylic acids is 1. The summed E-state index contributed by atoms with van der Waals surface area (Å²) in [7, 11) is -5.27. The summed E-state index contributed by atoms with van der Waals surface area (Å²) in [4.78, 5) is 29.5. The molecular weight excluding hydrogens is 207 g/mol. The average Bonchev–Trinajstić information content (AvgIpc) is 1.97. The molecule has 0 rings (SSSR count). The molecule has 0 aliphatic rings. The number of hydrogen-bond acceptors (Lipinski definition) is 8. The van der Waals surface area contributed by atoms with Crippen molar-refractivity contribution in [3.05, 3.63) is 0 Å². The monoisotopic (exact) mass is 213 g/mol. The van der Waals surface area contributed by atoms with Crippen molar-refractivity contribution >= 4 is 13.8 Å². The van der Waals surface area contributed by atoms with E-state index in [4.69, 9.17) is 10.2 Å². The number of aliphatic hydroxyl groups is 2. The quantitative estimate of drug-likeness (QED) is 0.432. The largest absolute Gasteiger partial charge is 0.790 e. The van der Waals surface area contributed by atoms with Crippen molar-refractivity contribution in [2.24, 2.45) is 0 Å². The minimum absolute atomic E-state index is 1.13. The zero-order valence-electron chi connectivity index (χ0n) is 6.15. The number of aliphatic hydroxyl groups excluding tert-OH is 2. The molecule has 0 unspecified atom stereocenters. The van der Waals surface area contributed by atoms with E-state index in [1.165, 1.54) is 0 Å². The number of aliphatic carboxylic acids is 1. The van der Waals surface area contributed by atoms with Gasteiger partial charge in [-0.1, -0.05) is 0 Å². The van der Waals surface area contributed by atoms with Gasteiger partial charge in [-0.15, -0.1) is 0 Å². The van der Waals surface area contributed by atoms with Crippen molar-refractivity contribution in [2.45, 2.75) is 12.2 Å². The minimum atomic E-state index is -5.27. The third-order valence-electron chi connectivity index (χ3n) is 1.01. The van der Waals surface area contributed by atoms with E-state index in [1.54, 1.807) is 0 Å². The Balaban J connectivity index is 3.95. The summed E-state index contributed by atoms with van der Waals surface area (Å²) in [5, 5.41) is 27.0. The molecule has 0 saturated heterocycles. The van der Waals surface area contributed by atoms with Crippen LogP contribution in [0.1, 0.15) is 0 Å². The summed E-state index contributed by atoms with van der Waals surface area (Å²) in [5.74, 6) is -2.00. The summed E-state index contributed by atoms with van der Waals surface area (Å²) in [6.07, 6.45) is -4.33. The SMILES string of the molecule is O=C([O-])[C@@H](O)[C@H](O)COP(=O)([O-])[O-]. The highest BCUT2D eigenvalue weighted by Gasteiger charge is 2.17. The Morgan fingerprint density at radius 1 is 1.46 bits per heavy atom. The van der Waals surface area contributed by atoms with Crippen molar-refractivity contribution in [2.75, 3.05) is 6.61 Å². The van der Waals surface area contributed by atoms with Crippen LogP contribution in [0.15, 0.2) is 0 Å². The van der Waals surface area contributed by atoms with Crippen LogP contribution < -0.4 is 14.9 Å². The molecule has 78 valence electrons. The molecule has 0 heterocycles. The first-order valence-electron chi connectivity index (χ1n) is 2.97. The summed E-state index contributed by atoms with van der Waals surface area (Å²) in [6, 6.07) is 0. The fourth-order valence-corrected chi connectivity index (χ4v) is 0.751. The van der Waals surface area contributed by atoms with E-state index in [0.29, 0.717) is 0 Å². The molecule has 2 atom stereocenters. The third kappa shape index (κ3) is 5.69. The summed E-state index contributed by atoms with van der Waals surface area (Å²) >= 11 is 0. The fraction of sp³-hybridized carbons (Fsp3) is 0.750. The Kier molecular flexibility index (Phi) is 4.48. The van der Waals surface area contributed by atoms with E-state index < -0.39 is 32.6 Å². The number of phosphoric ester groups is 1. The van der Waals surface area contributed by atoms with Gasteiger partial charge in [0.1, 0.15) is 12.2 Å². The second-order valence-corrected chi connectivity index (χ2v) is 3.23. The molecule has 0 aromatic heterocycles. The fourth-order valence-electron chi connectivity index (χ4n) is 0.416. The topological polar surface area (TPSA) is 153 Å². The third-order valence-corrected chi connectivity index (χ3v) is 1.47. The molecule has 8 nitrogen and oxygen atoms in total. The summed E-state index contributed by atoms with van der Waals surface area (Å²) in [6.45, 7) is -1.13. The Morgan fingerprint density at radius 3 is 2.23 bits per heavy atom. The Labute approximate surface area is 72.6 Å². The predicted molar refractivity (Wildman–Crippen MR) is 30.6 cm³/mol. The van der Waals surface area contributed by atoms with E-state index in [9.17, 15) is 24.3 Å². The van der Waals surface area contributed by atoms with Gasteiger partial charge in [0, 0.05) is 0 Å². The molecule has 9 heteroatoms. The lowest BCUT2D eigenvalue weighted by Crippen LogP contribution is -2.45. The van der Waals surface area contributed by atoms with Gasteiger partial charge >= 0.3 is 0 Å². The van der Waals surface area contributed by atoms with E-state index in [-0.39, 0.29) is 0 Å². The average molecular weight is 213 g/mol. The smallest absolute Gasteiger partial charge is 0.121 e. The van der Waals surface area contributed by atoms with Gasteiger partial charge in [0.15, 0.2) is 0 Å². The molecule has 0 fully saturated rings. The second kappa shape index (κ2) is 4.66. The lowest BCUT2D eigenvalue weighted by Gasteiger charge is -2.30. The first-order chi connectivity index (χ1) is 5.74. The normalized spacial score (nSPS) is 16.6. The molecule has 0 radical (unpaired) electrons. The second-order valence-electron chi connectivity index (χ2n) is 2.07. The van der Waals surface area contributed by atoms with Crippen LogP contribution in [-0.2, 0) is 13.9 Å². The molecule has 0 aliphatic carbocycles. The highest BCUT2D eigenvalue weighted by Crippen LogP contribution is 2.24. The van der Waals surface area contributed by atoms with Gasteiger partial charge in [-0.25, -0.2) is 0 Å². The van der Waals surface area contributed by atoms with E-state index in [2.05, 4.69) is 4.52 Å². The Bertz CT molecular complexity index is 220. The molecule has 0 aromatic rings. The van der Waals surface area contributed by atoms with Gasteiger partial charge in [0.2, 0.25) is 0 Å². The summed E-state index contributed by atoms with van der Waals surface area (Å²) in [5.41, 5.74) is 0. The number of carboxylic acid groups (broad SMARTS) is 1. The molecular formula is C4H6O8P-3. The lowest BCUT2D eigenvalue weighted by atomic mass is 10.2. The molecule has 0 spiro atoms. The zero-order valence-corrected chi connectivity index (χ0v) is 7.05. The Hall–Kier alpha value is -0.500. The maximum absolute atomic E-state index is 9.86. The number of carbonyl (C=O) groups is 1. The van der Waals surface area contributed by atoms with Crippen LogP contribution >= 0.6 is 7.82 Å². The summed E-state index contributed by atoms with van der Waals surface area (Å²) < 4.78 is 13.3. The molecule has 0 aromatic carbocycles.